The number of carbonyl (C=O) groups excluding carboxylic acids is 2. The number of amides is 2. The predicted octanol–water partition coefficient (Wildman–Crippen LogP) is 2.94. The number of carbonyl (C=O) groups is 2. The first-order valence-electron chi connectivity index (χ1n) is 9.01. The van der Waals surface area contributed by atoms with Crippen molar-refractivity contribution in [1.29, 1.82) is 0 Å². The van der Waals surface area contributed by atoms with Crippen LogP contribution >= 0.6 is 11.6 Å². The molecule has 27 heavy (non-hydrogen) atoms. The van der Waals surface area contributed by atoms with E-state index in [-0.39, 0.29) is 18.4 Å². The van der Waals surface area contributed by atoms with E-state index in [1.165, 1.54) is 0 Å². The lowest BCUT2D eigenvalue weighted by Gasteiger charge is -2.34. The van der Waals surface area contributed by atoms with Gasteiger partial charge < -0.3 is 14.5 Å². The van der Waals surface area contributed by atoms with E-state index in [9.17, 15) is 9.59 Å². The Bertz CT molecular complexity index is 799. The Balaban J connectivity index is 1.45. The molecule has 2 amide bonds. The molecule has 0 spiro atoms. The third-order valence-corrected chi connectivity index (χ3v) is 4.95. The summed E-state index contributed by atoms with van der Waals surface area (Å²) in [6.45, 7) is 4.12. The van der Waals surface area contributed by atoms with E-state index in [0.29, 0.717) is 37.6 Å². The van der Waals surface area contributed by atoms with Gasteiger partial charge >= 0.3 is 0 Å². The van der Waals surface area contributed by atoms with Crippen LogP contribution in [0.25, 0.3) is 0 Å². The zero-order valence-corrected chi connectivity index (χ0v) is 16.1. The van der Waals surface area contributed by atoms with Crippen LogP contribution in [-0.2, 0) is 16.0 Å². The third-order valence-electron chi connectivity index (χ3n) is 4.70. The van der Waals surface area contributed by atoms with Crippen LogP contribution in [0.2, 0.25) is 5.02 Å². The summed E-state index contributed by atoms with van der Waals surface area (Å²) in [5.74, 6) is 0.742. The topological polar surface area (TPSA) is 49.9 Å². The molecule has 0 aliphatic carbocycles. The van der Waals surface area contributed by atoms with Crippen LogP contribution < -0.4 is 4.74 Å². The van der Waals surface area contributed by atoms with Crippen molar-refractivity contribution >= 4 is 23.4 Å². The maximum absolute atomic E-state index is 12.4. The lowest BCUT2D eigenvalue weighted by molar-refractivity contribution is -0.140. The van der Waals surface area contributed by atoms with Crippen molar-refractivity contribution in [2.75, 3.05) is 32.8 Å². The second-order valence-electron chi connectivity index (χ2n) is 6.62. The van der Waals surface area contributed by atoms with E-state index in [1.54, 1.807) is 21.9 Å². The summed E-state index contributed by atoms with van der Waals surface area (Å²) in [5, 5.41) is 0.659. The van der Waals surface area contributed by atoms with Crippen molar-refractivity contribution in [3.63, 3.8) is 0 Å². The van der Waals surface area contributed by atoms with Crippen molar-refractivity contribution < 1.29 is 14.3 Å². The smallest absolute Gasteiger partial charge is 0.260 e. The van der Waals surface area contributed by atoms with E-state index < -0.39 is 0 Å². The van der Waals surface area contributed by atoms with Crippen molar-refractivity contribution in [2.24, 2.45) is 0 Å². The Morgan fingerprint density at radius 1 is 0.926 bits per heavy atom. The molecule has 142 valence electrons. The maximum atomic E-state index is 12.4. The normalized spacial score (nSPS) is 14.1. The quantitative estimate of drug-likeness (QED) is 0.793. The van der Waals surface area contributed by atoms with Crippen LogP contribution in [-0.4, -0.2) is 54.4 Å². The van der Waals surface area contributed by atoms with Crippen molar-refractivity contribution in [2.45, 2.75) is 13.3 Å². The number of hydrogen-bond acceptors (Lipinski definition) is 3. The molecule has 2 aromatic carbocycles. The number of benzene rings is 2. The summed E-state index contributed by atoms with van der Waals surface area (Å²) in [4.78, 5) is 28.4. The van der Waals surface area contributed by atoms with Gasteiger partial charge in [-0.15, -0.1) is 0 Å². The number of halogens is 1. The second kappa shape index (κ2) is 8.91. The Morgan fingerprint density at radius 2 is 1.52 bits per heavy atom. The van der Waals surface area contributed by atoms with Crippen LogP contribution in [0, 0.1) is 6.92 Å². The van der Waals surface area contributed by atoms with Gasteiger partial charge in [-0.25, -0.2) is 0 Å². The highest BCUT2D eigenvalue weighted by molar-refractivity contribution is 6.30. The molecule has 1 fully saturated rings. The van der Waals surface area contributed by atoms with E-state index in [4.69, 9.17) is 16.3 Å². The average Bonchev–Trinajstić information content (AvgIpc) is 2.69. The first kappa shape index (κ1) is 19.2. The van der Waals surface area contributed by atoms with Gasteiger partial charge in [0.05, 0.1) is 6.42 Å². The summed E-state index contributed by atoms with van der Waals surface area (Å²) in [7, 11) is 0. The minimum atomic E-state index is -0.0527. The van der Waals surface area contributed by atoms with E-state index in [1.807, 2.05) is 43.3 Å². The van der Waals surface area contributed by atoms with Gasteiger partial charge in [-0.2, -0.15) is 0 Å². The van der Waals surface area contributed by atoms with Gasteiger partial charge in [0, 0.05) is 31.2 Å². The molecule has 1 aliphatic rings. The number of nitrogens with zero attached hydrogens (tertiary/aromatic N) is 2. The SMILES string of the molecule is Cc1ccccc1OCC(=O)N1CCN(C(=O)Cc2ccc(Cl)cc2)CC1. The molecular weight excluding hydrogens is 364 g/mol. The van der Waals surface area contributed by atoms with Gasteiger partial charge in [-0.05, 0) is 36.2 Å². The molecule has 0 atom stereocenters. The standard InChI is InChI=1S/C21H23ClN2O3/c1-16-4-2-3-5-19(16)27-15-21(26)24-12-10-23(11-13-24)20(25)14-17-6-8-18(22)9-7-17/h2-9H,10-15H2,1H3. The molecule has 0 unspecified atom stereocenters. The molecule has 1 saturated heterocycles. The molecule has 1 aliphatic heterocycles. The fourth-order valence-electron chi connectivity index (χ4n) is 3.04. The molecule has 0 radical (unpaired) electrons. The van der Waals surface area contributed by atoms with Crippen LogP contribution in [0.3, 0.4) is 0 Å². The third kappa shape index (κ3) is 5.23. The minimum absolute atomic E-state index is 0.0174. The summed E-state index contributed by atoms with van der Waals surface area (Å²) in [6, 6.07) is 14.9. The summed E-state index contributed by atoms with van der Waals surface area (Å²) in [5.41, 5.74) is 1.94. The molecule has 3 rings (SSSR count). The number of aryl methyl sites for hydroxylation is 1. The highest BCUT2D eigenvalue weighted by Crippen LogP contribution is 2.16. The number of rotatable bonds is 5. The fourth-order valence-corrected chi connectivity index (χ4v) is 3.17. The van der Waals surface area contributed by atoms with Crippen LogP contribution in [0.1, 0.15) is 11.1 Å². The predicted molar refractivity (Wildman–Crippen MR) is 105 cm³/mol. The molecule has 1 heterocycles. The highest BCUT2D eigenvalue weighted by Gasteiger charge is 2.24. The van der Waals surface area contributed by atoms with Gasteiger partial charge in [0.2, 0.25) is 5.91 Å². The Kier molecular flexibility index (Phi) is 6.35. The van der Waals surface area contributed by atoms with Gasteiger partial charge in [-0.3, -0.25) is 9.59 Å². The first-order chi connectivity index (χ1) is 13.0. The first-order valence-corrected chi connectivity index (χ1v) is 9.39. The largest absolute Gasteiger partial charge is 0.484 e. The summed E-state index contributed by atoms with van der Waals surface area (Å²) < 4.78 is 5.63. The molecule has 0 bridgehead atoms. The molecule has 5 nitrogen and oxygen atoms in total. The molecule has 0 saturated carbocycles. The highest BCUT2D eigenvalue weighted by atomic mass is 35.5. The van der Waals surface area contributed by atoms with Gasteiger partial charge in [0.15, 0.2) is 6.61 Å². The average molecular weight is 387 g/mol. The van der Waals surface area contributed by atoms with Gasteiger partial charge in [-0.1, -0.05) is 41.9 Å². The van der Waals surface area contributed by atoms with Crippen molar-refractivity contribution in [3.05, 3.63) is 64.7 Å². The molecule has 0 N–H and O–H groups in total. The fraction of sp³-hybridized carbons (Fsp3) is 0.333. The maximum Gasteiger partial charge on any atom is 0.260 e. The number of hydrogen-bond donors (Lipinski definition) is 0. The zero-order valence-electron chi connectivity index (χ0n) is 15.4. The second-order valence-corrected chi connectivity index (χ2v) is 7.06. The van der Waals surface area contributed by atoms with E-state index in [2.05, 4.69) is 0 Å². The van der Waals surface area contributed by atoms with E-state index >= 15 is 0 Å². The van der Waals surface area contributed by atoms with Crippen LogP contribution in [0.15, 0.2) is 48.5 Å². The van der Waals surface area contributed by atoms with Gasteiger partial charge in [0.1, 0.15) is 5.75 Å². The minimum Gasteiger partial charge on any atom is -0.484 e. The van der Waals surface area contributed by atoms with Crippen LogP contribution in [0.5, 0.6) is 5.75 Å². The van der Waals surface area contributed by atoms with Gasteiger partial charge in [0.25, 0.3) is 5.91 Å². The van der Waals surface area contributed by atoms with Crippen molar-refractivity contribution in [3.8, 4) is 5.75 Å². The number of ether oxygens (including phenoxy) is 1. The number of para-hydroxylation sites is 1. The Morgan fingerprint density at radius 3 is 2.15 bits per heavy atom. The number of piperazine rings is 1. The zero-order chi connectivity index (χ0) is 19.2. The summed E-state index contributed by atoms with van der Waals surface area (Å²) in [6.07, 6.45) is 0.349. The Hall–Kier alpha value is -2.53. The lowest BCUT2D eigenvalue weighted by Crippen LogP contribution is -2.52. The lowest BCUT2D eigenvalue weighted by atomic mass is 10.1. The molecule has 2 aromatic rings. The Labute approximate surface area is 164 Å². The molecular formula is C21H23ClN2O3. The van der Waals surface area contributed by atoms with Crippen molar-refractivity contribution in [1.82, 2.24) is 9.80 Å². The van der Waals surface area contributed by atoms with E-state index in [0.717, 1.165) is 16.9 Å². The van der Waals surface area contributed by atoms with Crippen LogP contribution in [0.4, 0.5) is 0 Å². The summed E-state index contributed by atoms with van der Waals surface area (Å²) >= 11 is 5.87. The monoisotopic (exact) mass is 386 g/mol. The molecule has 6 heteroatoms. The molecule has 0 aromatic heterocycles.